The molecule has 2 heterocycles. The van der Waals surface area contributed by atoms with Gasteiger partial charge in [0.15, 0.2) is 5.13 Å². The lowest BCUT2D eigenvalue weighted by Crippen LogP contribution is -2.48. The largest absolute Gasteiger partial charge is 0.497 e. The zero-order valence-electron chi connectivity index (χ0n) is 18.4. The van der Waals surface area contributed by atoms with E-state index in [1.54, 1.807) is 30.6 Å². The lowest BCUT2D eigenvalue weighted by molar-refractivity contribution is 0.374. The topological polar surface area (TPSA) is 72.0 Å². The number of hydrogen-bond acceptors (Lipinski definition) is 7. The van der Waals surface area contributed by atoms with Gasteiger partial charge in [-0.25, -0.2) is 13.4 Å². The number of ether oxygens (including phenoxy) is 2. The minimum atomic E-state index is -3.62. The molecule has 1 aliphatic rings. The van der Waals surface area contributed by atoms with Crippen molar-refractivity contribution in [3.05, 3.63) is 64.7 Å². The summed E-state index contributed by atoms with van der Waals surface area (Å²) >= 11 is 1.59. The van der Waals surface area contributed by atoms with E-state index >= 15 is 0 Å². The molecule has 0 atom stereocenters. The molecule has 0 N–H and O–H groups in total. The predicted octanol–water partition coefficient (Wildman–Crippen LogP) is 3.57. The minimum absolute atomic E-state index is 0.225. The summed E-state index contributed by atoms with van der Waals surface area (Å²) in [5, 5.41) is 2.99. The molecule has 3 aromatic rings. The molecular formula is C23H27N3O4S2. The lowest BCUT2D eigenvalue weighted by Gasteiger charge is -2.34. The van der Waals surface area contributed by atoms with Gasteiger partial charge in [-0.05, 0) is 42.3 Å². The van der Waals surface area contributed by atoms with Gasteiger partial charge in [-0.3, -0.25) is 0 Å². The van der Waals surface area contributed by atoms with Crippen molar-refractivity contribution in [2.24, 2.45) is 0 Å². The average molecular weight is 474 g/mol. The van der Waals surface area contributed by atoms with Crippen LogP contribution < -0.4 is 14.4 Å². The molecule has 1 aliphatic heterocycles. The number of thiazole rings is 1. The average Bonchev–Trinajstić information content (AvgIpc) is 3.27. The van der Waals surface area contributed by atoms with Gasteiger partial charge in [-0.15, -0.1) is 11.3 Å². The summed E-state index contributed by atoms with van der Waals surface area (Å²) in [7, 11) is -0.467. The maximum Gasteiger partial charge on any atom is 0.246 e. The van der Waals surface area contributed by atoms with Gasteiger partial charge in [0.25, 0.3) is 0 Å². The summed E-state index contributed by atoms with van der Waals surface area (Å²) < 4.78 is 38.6. The van der Waals surface area contributed by atoms with Gasteiger partial charge >= 0.3 is 0 Å². The number of rotatable bonds is 7. The molecule has 0 unspecified atom stereocenters. The fraction of sp³-hybridized carbons (Fsp3) is 0.348. The van der Waals surface area contributed by atoms with Crippen molar-refractivity contribution in [1.29, 1.82) is 0 Å². The Morgan fingerprint density at radius 1 is 1.03 bits per heavy atom. The number of piperazine rings is 1. The number of hydrogen-bond donors (Lipinski definition) is 0. The smallest absolute Gasteiger partial charge is 0.246 e. The third-order valence-corrected chi connectivity index (χ3v) is 8.38. The van der Waals surface area contributed by atoms with Crippen molar-refractivity contribution < 1.29 is 17.9 Å². The number of aromatic nitrogens is 1. The number of aryl methyl sites for hydroxylation is 1. The maximum atomic E-state index is 13.2. The van der Waals surface area contributed by atoms with Crippen molar-refractivity contribution >= 4 is 26.5 Å². The SMILES string of the molecule is COc1cccc(Cc2csc(N3CCN(S(=O)(=O)c4cc(C)ccc4OC)CC3)n2)c1. The van der Waals surface area contributed by atoms with Gasteiger partial charge in [0.1, 0.15) is 16.4 Å². The standard InChI is InChI=1S/C23H27N3O4S2/c1-17-7-8-21(30-3)22(13-17)32(27,28)26-11-9-25(10-12-26)23-24-19(16-31-23)14-18-5-4-6-20(15-18)29-2/h4-8,13,15-16H,9-12,14H2,1-3H3. The van der Waals surface area contributed by atoms with E-state index in [0.717, 1.165) is 34.1 Å². The molecule has 0 bridgehead atoms. The fourth-order valence-corrected chi connectivity index (χ4v) is 6.30. The Kier molecular flexibility index (Phi) is 6.68. The monoisotopic (exact) mass is 473 g/mol. The highest BCUT2D eigenvalue weighted by atomic mass is 32.2. The molecule has 0 radical (unpaired) electrons. The van der Waals surface area contributed by atoms with Crippen molar-refractivity contribution in [2.45, 2.75) is 18.2 Å². The van der Waals surface area contributed by atoms with E-state index in [-0.39, 0.29) is 4.90 Å². The van der Waals surface area contributed by atoms with E-state index in [4.69, 9.17) is 14.5 Å². The zero-order chi connectivity index (χ0) is 22.7. The van der Waals surface area contributed by atoms with Crippen molar-refractivity contribution in [1.82, 2.24) is 9.29 Å². The maximum absolute atomic E-state index is 13.2. The van der Waals surface area contributed by atoms with Crippen LogP contribution in [0.3, 0.4) is 0 Å². The summed E-state index contributed by atoms with van der Waals surface area (Å²) in [5.74, 6) is 1.21. The number of nitrogens with zero attached hydrogens (tertiary/aromatic N) is 3. The third-order valence-electron chi connectivity index (χ3n) is 5.51. The molecule has 0 aliphatic carbocycles. The zero-order valence-corrected chi connectivity index (χ0v) is 20.1. The molecule has 1 fully saturated rings. The van der Waals surface area contributed by atoms with Crippen LogP contribution in [-0.4, -0.2) is 58.1 Å². The highest BCUT2D eigenvalue weighted by Gasteiger charge is 2.31. The summed E-state index contributed by atoms with van der Waals surface area (Å²) in [4.78, 5) is 7.16. The van der Waals surface area contributed by atoms with Gasteiger partial charge in [-0.2, -0.15) is 4.31 Å². The molecule has 0 saturated carbocycles. The minimum Gasteiger partial charge on any atom is -0.497 e. The first-order valence-corrected chi connectivity index (χ1v) is 12.7. The molecule has 1 aromatic heterocycles. The Labute approximate surface area is 193 Å². The number of sulfonamides is 1. The molecule has 170 valence electrons. The van der Waals surface area contributed by atoms with Crippen molar-refractivity contribution in [3.63, 3.8) is 0 Å². The van der Waals surface area contributed by atoms with Crippen molar-refractivity contribution in [2.75, 3.05) is 45.3 Å². The fourth-order valence-electron chi connectivity index (χ4n) is 3.76. The molecule has 1 saturated heterocycles. The normalized spacial score (nSPS) is 15.0. The number of benzene rings is 2. The molecule has 4 rings (SSSR count). The van der Waals surface area contributed by atoms with Crippen LogP contribution in [0, 0.1) is 6.92 Å². The highest BCUT2D eigenvalue weighted by Crippen LogP contribution is 2.30. The summed E-state index contributed by atoms with van der Waals surface area (Å²) in [6.07, 6.45) is 0.731. The van der Waals surface area contributed by atoms with Crippen LogP contribution in [0.1, 0.15) is 16.8 Å². The van der Waals surface area contributed by atoms with E-state index < -0.39 is 10.0 Å². The Morgan fingerprint density at radius 3 is 2.53 bits per heavy atom. The van der Waals surface area contributed by atoms with Crippen LogP contribution in [-0.2, 0) is 16.4 Å². The predicted molar refractivity (Wildman–Crippen MR) is 127 cm³/mol. The summed E-state index contributed by atoms with van der Waals surface area (Å²) in [5.41, 5.74) is 3.02. The van der Waals surface area contributed by atoms with Gasteiger partial charge < -0.3 is 14.4 Å². The quantitative estimate of drug-likeness (QED) is 0.522. The molecule has 32 heavy (non-hydrogen) atoms. The van der Waals surface area contributed by atoms with Crippen LogP contribution >= 0.6 is 11.3 Å². The Bertz CT molecular complexity index is 1190. The molecule has 7 nitrogen and oxygen atoms in total. The molecular weight excluding hydrogens is 446 g/mol. The van der Waals surface area contributed by atoms with E-state index in [2.05, 4.69) is 16.3 Å². The Morgan fingerprint density at radius 2 is 1.81 bits per heavy atom. The van der Waals surface area contributed by atoms with E-state index in [0.29, 0.717) is 31.9 Å². The Hall–Kier alpha value is -2.62. The molecule has 0 spiro atoms. The second kappa shape index (κ2) is 9.48. The van der Waals surface area contributed by atoms with Crippen LogP contribution in [0.15, 0.2) is 52.7 Å². The van der Waals surface area contributed by atoms with Gasteiger partial charge in [0.2, 0.25) is 10.0 Å². The summed E-state index contributed by atoms with van der Waals surface area (Å²) in [6, 6.07) is 13.2. The second-order valence-electron chi connectivity index (χ2n) is 7.70. The first kappa shape index (κ1) is 22.6. The summed E-state index contributed by atoms with van der Waals surface area (Å²) in [6.45, 7) is 3.88. The van der Waals surface area contributed by atoms with Gasteiger partial charge in [0, 0.05) is 38.0 Å². The number of anilines is 1. The first-order chi connectivity index (χ1) is 15.4. The van der Waals surface area contributed by atoms with E-state index in [1.807, 2.05) is 31.2 Å². The van der Waals surface area contributed by atoms with Crippen LogP contribution in [0.25, 0.3) is 0 Å². The van der Waals surface area contributed by atoms with Crippen LogP contribution in [0.2, 0.25) is 0 Å². The van der Waals surface area contributed by atoms with E-state index in [1.165, 1.54) is 11.4 Å². The molecule has 2 aromatic carbocycles. The Balaban J connectivity index is 1.42. The first-order valence-electron chi connectivity index (χ1n) is 10.4. The molecule has 9 heteroatoms. The van der Waals surface area contributed by atoms with Crippen molar-refractivity contribution in [3.8, 4) is 11.5 Å². The second-order valence-corrected chi connectivity index (χ2v) is 10.4. The van der Waals surface area contributed by atoms with Gasteiger partial charge in [-0.1, -0.05) is 18.2 Å². The van der Waals surface area contributed by atoms with Crippen LogP contribution in [0.4, 0.5) is 5.13 Å². The molecule has 0 amide bonds. The third kappa shape index (κ3) is 4.74. The van der Waals surface area contributed by atoms with E-state index in [9.17, 15) is 8.42 Å². The van der Waals surface area contributed by atoms with Crippen LogP contribution in [0.5, 0.6) is 11.5 Å². The highest BCUT2D eigenvalue weighted by molar-refractivity contribution is 7.89. The number of methoxy groups -OCH3 is 2. The lowest BCUT2D eigenvalue weighted by atomic mass is 10.1. The van der Waals surface area contributed by atoms with Gasteiger partial charge in [0.05, 0.1) is 19.9 Å².